The van der Waals surface area contributed by atoms with E-state index in [0.29, 0.717) is 10.8 Å². The Kier molecular flexibility index (Phi) is 4.87. The minimum Gasteiger partial charge on any atom is -0.457 e. The van der Waals surface area contributed by atoms with Gasteiger partial charge in [0, 0.05) is 10.7 Å². The molecule has 26 heavy (non-hydrogen) atoms. The first-order chi connectivity index (χ1) is 12.7. The van der Waals surface area contributed by atoms with Gasteiger partial charge in [0.1, 0.15) is 16.9 Å². The highest BCUT2D eigenvalue weighted by Crippen LogP contribution is 2.42. The number of ether oxygens (including phenoxy) is 1. The molecule has 4 rings (SSSR count). The average Bonchev–Trinajstić information content (AvgIpc) is 3.05. The highest BCUT2D eigenvalue weighted by molar-refractivity contribution is 8.00. The molecule has 1 fully saturated rings. The molecule has 0 aliphatic carbocycles. The van der Waals surface area contributed by atoms with Gasteiger partial charge in [0.15, 0.2) is 0 Å². The summed E-state index contributed by atoms with van der Waals surface area (Å²) in [6.07, 6.45) is 0. The predicted molar refractivity (Wildman–Crippen MR) is 107 cm³/mol. The molecule has 1 atom stereocenters. The van der Waals surface area contributed by atoms with E-state index in [-0.39, 0.29) is 11.3 Å². The molecule has 0 bridgehead atoms. The molecule has 1 saturated heterocycles. The van der Waals surface area contributed by atoms with Crippen LogP contribution in [0.4, 0.5) is 5.69 Å². The van der Waals surface area contributed by atoms with E-state index in [2.05, 4.69) is 0 Å². The maximum Gasteiger partial charge on any atom is 0.238 e. The number of para-hydroxylation sites is 1. The van der Waals surface area contributed by atoms with E-state index in [1.54, 1.807) is 11.8 Å². The number of carbonyl (C=O) groups is 1. The molecule has 0 N–H and O–H groups in total. The Bertz CT molecular complexity index is 915. The molecular formula is C21H16ClNO2S. The number of hydrogen-bond donors (Lipinski definition) is 0. The molecule has 3 aromatic rings. The van der Waals surface area contributed by atoms with Crippen molar-refractivity contribution in [2.45, 2.75) is 5.37 Å². The molecule has 0 spiro atoms. The van der Waals surface area contributed by atoms with Crippen LogP contribution >= 0.6 is 23.4 Å². The lowest BCUT2D eigenvalue weighted by atomic mass is 10.1. The number of carbonyl (C=O) groups excluding carboxylic acids is 1. The average molecular weight is 382 g/mol. The quantitative estimate of drug-likeness (QED) is 0.562. The van der Waals surface area contributed by atoms with Gasteiger partial charge in [-0.2, -0.15) is 0 Å². The smallest absolute Gasteiger partial charge is 0.238 e. The van der Waals surface area contributed by atoms with Gasteiger partial charge in [0.2, 0.25) is 5.91 Å². The summed E-state index contributed by atoms with van der Waals surface area (Å²) in [6.45, 7) is 0. The molecule has 5 heteroatoms. The minimum atomic E-state index is -0.0632. The molecular weight excluding hydrogens is 366 g/mol. The molecule has 130 valence electrons. The van der Waals surface area contributed by atoms with Crippen molar-refractivity contribution in [1.82, 2.24) is 0 Å². The fourth-order valence-electron chi connectivity index (χ4n) is 2.90. The fraction of sp³-hybridized carbons (Fsp3) is 0.0952. The van der Waals surface area contributed by atoms with Gasteiger partial charge in [0.25, 0.3) is 0 Å². The summed E-state index contributed by atoms with van der Waals surface area (Å²) < 4.78 is 5.84. The van der Waals surface area contributed by atoms with Crippen LogP contribution < -0.4 is 9.64 Å². The van der Waals surface area contributed by atoms with Gasteiger partial charge in [-0.1, -0.05) is 48.0 Å². The number of thioether (sulfide) groups is 1. The van der Waals surface area contributed by atoms with Crippen LogP contribution in [0.5, 0.6) is 11.5 Å². The Morgan fingerprint density at radius 3 is 2.38 bits per heavy atom. The second-order valence-electron chi connectivity index (χ2n) is 5.89. The van der Waals surface area contributed by atoms with Crippen LogP contribution in [0.15, 0.2) is 78.9 Å². The van der Waals surface area contributed by atoms with Crippen molar-refractivity contribution in [3.05, 3.63) is 89.4 Å². The maximum atomic E-state index is 12.4. The standard InChI is InChI=1S/C21H16ClNO2S/c22-16-5-4-6-17(13-16)23-20(24)14-26-21(23)15-9-11-19(12-10-15)25-18-7-2-1-3-8-18/h1-13,21H,14H2/t21-/m1/s1. The highest BCUT2D eigenvalue weighted by atomic mass is 35.5. The van der Waals surface area contributed by atoms with Crippen molar-refractivity contribution in [3.8, 4) is 11.5 Å². The molecule has 0 unspecified atom stereocenters. The second kappa shape index (κ2) is 7.44. The van der Waals surface area contributed by atoms with Crippen LogP contribution in [0.25, 0.3) is 0 Å². The molecule has 3 nitrogen and oxygen atoms in total. The number of halogens is 1. The number of benzene rings is 3. The van der Waals surface area contributed by atoms with E-state index in [0.717, 1.165) is 22.7 Å². The molecule has 0 aromatic heterocycles. The summed E-state index contributed by atoms with van der Waals surface area (Å²) in [4.78, 5) is 14.2. The van der Waals surface area contributed by atoms with Gasteiger partial charge in [-0.05, 0) is 48.0 Å². The van der Waals surface area contributed by atoms with E-state index in [9.17, 15) is 4.79 Å². The van der Waals surface area contributed by atoms with Crippen molar-refractivity contribution in [2.24, 2.45) is 0 Å². The lowest BCUT2D eigenvalue weighted by molar-refractivity contribution is -0.115. The first kappa shape index (κ1) is 17.0. The first-order valence-electron chi connectivity index (χ1n) is 8.23. The Morgan fingerprint density at radius 1 is 0.923 bits per heavy atom. The summed E-state index contributed by atoms with van der Waals surface area (Å²) in [7, 11) is 0. The van der Waals surface area contributed by atoms with Crippen molar-refractivity contribution in [2.75, 3.05) is 10.7 Å². The zero-order chi connectivity index (χ0) is 17.9. The summed E-state index contributed by atoms with van der Waals surface area (Å²) in [6, 6.07) is 24.9. The fourth-order valence-corrected chi connectivity index (χ4v) is 4.26. The zero-order valence-corrected chi connectivity index (χ0v) is 15.4. The Balaban J connectivity index is 1.57. The van der Waals surface area contributed by atoms with Crippen LogP contribution in [0.1, 0.15) is 10.9 Å². The van der Waals surface area contributed by atoms with Crippen LogP contribution in [0.3, 0.4) is 0 Å². The molecule has 1 aliphatic rings. The van der Waals surface area contributed by atoms with Gasteiger partial charge in [-0.3, -0.25) is 9.69 Å². The third-order valence-corrected chi connectivity index (χ3v) is 5.55. The lowest BCUT2D eigenvalue weighted by Crippen LogP contribution is -2.27. The van der Waals surface area contributed by atoms with Gasteiger partial charge >= 0.3 is 0 Å². The topological polar surface area (TPSA) is 29.5 Å². The van der Waals surface area contributed by atoms with Gasteiger partial charge in [-0.25, -0.2) is 0 Å². The number of hydrogen-bond acceptors (Lipinski definition) is 3. The third-order valence-electron chi connectivity index (χ3n) is 4.10. The largest absolute Gasteiger partial charge is 0.457 e. The third kappa shape index (κ3) is 3.57. The van der Waals surface area contributed by atoms with Gasteiger partial charge in [-0.15, -0.1) is 11.8 Å². The zero-order valence-electron chi connectivity index (χ0n) is 13.8. The van der Waals surface area contributed by atoms with E-state index in [1.807, 2.05) is 83.8 Å². The van der Waals surface area contributed by atoms with Gasteiger partial charge < -0.3 is 4.74 Å². The van der Waals surface area contributed by atoms with Crippen molar-refractivity contribution < 1.29 is 9.53 Å². The Hall–Kier alpha value is -2.43. The van der Waals surface area contributed by atoms with Crippen LogP contribution in [0.2, 0.25) is 5.02 Å². The van der Waals surface area contributed by atoms with Crippen LogP contribution in [0, 0.1) is 0 Å². The van der Waals surface area contributed by atoms with Crippen LogP contribution in [-0.4, -0.2) is 11.7 Å². The van der Waals surface area contributed by atoms with E-state index in [4.69, 9.17) is 16.3 Å². The molecule has 0 radical (unpaired) electrons. The predicted octanol–water partition coefficient (Wildman–Crippen LogP) is 5.91. The summed E-state index contributed by atoms with van der Waals surface area (Å²) in [5.41, 5.74) is 1.88. The first-order valence-corrected chi connectivity index (χ1v) is 9.65. The van der Waals surface area contributed by atoms with Crippen molar-refractivity contribution in [3.63, 3.8) is 0 Å². The Morgan fingerprint density at radius 2 is 1.65 bits per heavy atom. The Labute approximate surface area is 161 Å². The maximum absolute atomic E-state index is 12.4. The SMILES string of the molecule is O=C1CS[C@H](c2ccc(Oc3ccccc3)cc2)N1c1cccc(Cl)c1. The molecule has 0 saturated carbocycles. The number of rotatable bonds is 4. The summed E-state index contributed by atoms with van der Waals surface area (Å²) in [5.74, 6) is 2.11. The van der Waals surface area contributed by atoms with Gasteiger partial charge in [0.05, 0.1) is 5.75 Å². The van der Waals surface area contributed by atoms with E-state index < -0.39 is 0 Å². The lowest BCUT2D eigenvalue weighted by Gasteiger charge is -2.24. The van der Waals surface area contributed by atoms with E-state index in [1.165, 1.54) is 0 Å². The second-order valence-corrected chi connectivity index (χ2v) is 7.40. The normalized spacial score (nSPS) is 16.7. The van der Waals surface area contributed by atoms with Crippen molar-refractivity contribution >= 4 is 35.0 Å². The summed E-state index contributed by atoms with van der Waals surface area (Å²) in [5, 5.41) is 0.560. The number of anilines is 1. The monoisotopic (exact) mass is 381 g/mol. The molecule has 1 aliphatic heterocycles. The molecule has 3 aromatic carbocycles. The highest BCUT2D eigenvalue weighted by Gasteiger charge is 2.34. The molecule has 1 amide bonds. The molecule has 1 heterocycles. The number of nitrogens with zero attached hydrogens (tertiary/aromatic N) is 1. The summed E-state index contributed by atoms with van der Waals surface area (Å²) >= 11 is 7.72. The van der Waals surface area contributed by atoms with E-state index >= 15 is 0 Å². The minimum absolute atomic E-state index is 0.0632. The number of amides is 1. The van der Waals surface area contributed by atoms with Crippen LogP contribution in [-0.2, 0) is 4.79 Å². The van der Waals surface area contributed by atoms with Crippen molar-refractivity contribution in [1.29, 1.82) is 0 Å².